The summed E-state index contributed by atoms with van der Waals surface area (Å²) in [5.74, 6) is 0.858. The molecule has 0 spiro atoms. The minimum absolute atomic E-state index is 0.110. The van der Waals surface area contributed by atoms with Crippen LogP contribution in [-0.2, 0) is 9.59 Å². The fourth-order valence-electron chi connectivity index (χ4n) is 4.88. The number of carbonyl (C=O) groups excluding carboxylic acids is 2. The highest BCUT2D eigenvalue weighted by Crippen LogP contribution is 2.32. The molecule has 25 heavy (non-hydrogen) atoms. The van der Waals surface area contributed by atoms with Crippen molar-refractivity contribution in [2.45, 2.75) is 56.9 Å². The van der Waals surface area contributed by atoms with Crippen LogP contribution in [0.25, 0.3) is 0 Å². The smallest absolute Gasteiger partial charge is 0.227 e. The molecule has 1 aromatic rings. The van der Waals surface area contributed by atoms with Gasteiger partial charge in [-0.3, -0.25) is 9.59 Å². The van der Waals surface area contributed by atoms with Crippen LogP contribution in [0.2, 0.25) is 0 Å². The molecule has 1 aliphatic carbocycles. The second-order valence-corrected chi connectivity index (χ2v) is 7.90. The highest BCUT2D eigenvalue weighted by molar-refractivity contribution is 5.89. The Bertz CT molecular complexity index is 616. The van der Waals surface area contributed by atoms with Crippen LogP contribution >= 0.6 is 0 Å². The molecule has 1 aromatic carbocycles. The largest absolute Gasteiger partial charge is 0.342 e. The predicted molar refractivity (Wildman–Crippen MR) is 97.1 cm³/mol. The maximum absolute atomic E-state index is 12.9. The summed E-state index contributed by atoms with van der Waals surface area (Å²) in [5, 5.41) is 0. The molecule has 1 unspecified atom stereocenters. The van der Waals surface area contributed by atoms with Crippen LogP contribution in [0.1, 0.15) is 56.4 Å². The lowest BCUT2D eigenvalue weighted by molar-refractivity contribution is -0.136. The number of carbonyl (C=O) groups is 2. The van der Waals surface area contributed by atoms with Gasteiger partial charge in [0.25, 0.3) is 0 Å². The molecule has 2 heterocycles. The minimum atomic E-state index is -0.110. The molecular weight excluding hydrogens is 312 g/mol. The second-order valence-electron chi connectivity index (χ2n) is 7.90. The number of likely N-dealkylation sites (tertiary alicyclic amines) is 2. The van der Waals surface area contributed by atoms with E-state index in [4.69, 9.17) is 0 Å². The third kappa shape index (κ3) is 3.44. The number of piperidine rings is 1. The number of rotatable bonds is 3. The molecule has 2 saturated heterocycles. The Labute approximate surface area is 150 Å². The van der Waals surface area contributed by atoms with Crippen LogP contribution in [0.4, 0.5) is 0 Å². The lowest BCUT2D eigenvalue weighted by Crippen LogP contribution is -2.42. The van der Waals surface area contributed by atoms with Gasteiger partial charge in [-0.25, -0.2) is 0 Å². The van der Waals surface area contributed by atoms with Gasteiger partial charge in [0.05, 0.1) is 5.92 Å². The average molecular weight is 340 g/mol. The van der Waals surface area contributed by atoms with Crippen LogP contribution in [0, 0.1) is 5.92 Å². The SMILES string of the molecule is O=C(C1CC(=O)N(C2CCCC2)C1)N1CCC(c2ccccc2)CC1. The molecule has 4 heteroatoms. The lowest BCUT2D eigenvalue weighted by Gasteiger charge is -2.34. The third-order valence-corrected chi connectivity index (χ3v) is 6.35. The molecule has 2 amide bonds. The first-order valence-corrected chi connectivity index (χ1v) is 9.85. The molecule has 3 aliphatic rings. The molecule has 4 rings (SSSR count). The molecule has 4 nitrogen and oxygen atoms in total. The molecule has 0 N–H and O–H groups in total. The monoisotopic (exact) mass is 340 g/mol. The zero-order valence-electron chi connectivity index (χ0n) is 14.9. The van der Waals surface area contributed by atoms with Crippen molar-refractivity contribution in [2.24, 2.45) is 5.92 Å². The van der Waals surface area contributed by atoms with Crippen molar-refractivity contribution in [3.8, 4) is 0 Å². The summed E-state index contributed by atoms with van der Waals surface area (Å²) in [7, 11) is 0. The van der Waals surface area contributed by atoms with Crippen molar-refractivity contribution < 1.29 is 9.59 Å². The van der Waals surface area contributed by atoms with E-state index in [1.807, 2.05) is 9.80 Å². The molecule has 1 saturated carbocycles. The van der Waals surface area contributed by atoms with E-state index in [1.54, 1.807) is 0 Å². The summed E-state index contributed by atoms with van der Waals surface area (Å²) >= 11 is 0. The topological polar surface area (TPSA) is 40.6 Å². The maximum atomic E-state index is 12.9. The molecule has 0 radical (unpaired) electrons. The van der Waals surface area contributed by atoms with E-state index >= 15 is 0 Å². The van der Waals surface area contributed by atoms with Crippen molar-refractivity contribution in [2.75, 3.05) is 19.6 Å². The molecule has 3 fully saturated rings. The molecule has 0 aromatic heterocycles. The van der Waals surface area contributed by atoms with E-state index in [0.29, 0.717) is 24.9 Å². The normalized spacial score (nSPS) is 25.8. The van der Waals surface area contributed by atoms with Crippen LogP contribution < -0.4 is 0 Å². The van der Waals surface area contributed by atoms with Gasteiger partial charge in [-0.15, -0.1) is 0 Å². The van der Waals surface area contributed by atoms with Crippen molar-refractivity contribution in [3.63, 3.8) is 0 Å². The van der Waals surface area contributed by atoms with E-state index in [1.165, 1.54) is 18.4 Å². The number of hydrogen-bond donors (Lipinski definition) is 0. The molecule has 2 aliphatic heterocycles. The first-order valence-electron chi connectivity index (χ1n) is 9.85. The number of nitrogens with zero attached hydrogens (tertiary/aromatic N) is 2. The number of hydrogen-bond acceptors (Lipinski definition) is 2. The first-order chi connectivity index (χ1) is 12.2. The first kappa shape index (κ1) is 16.6. The highest BCUT2D eigenvalue weighted by atomic mass is 16.2. The predicted octanol–water partition coefficient (Wildman–Crippen LogP) is 3.18. The zero-order valence-corrected chi connectivity index (χ0v) is 14.9. The Morgan fingerprint density at radius 1 is 0.960 bits per heavy atom. The molecular formula is C21H28N2O2. The third-order valence-electron chi connectivity index (χ3n) is 6.35. The van der Waals surface area contributed by atoms with Crippen LogP contribution in [-0.4, -0.2) is 47.3 Å². The van der Waals surface area contributed by atoms with Gasteiger partial charge < -0.3 is 9.80 Å². The Morgan fingerprint density at radius 3 is 2.32 bits per heavy atom. The number of amides is 2. The van der Waals surface area contributed by atoms with E-state index in [2.05, 4.69) is 30.3 Å². The van der Waals surface area contributed by atoms with E-state index in [-0.39, 0.29) is 17.7 Å². The molecule has 0 bridgehead atoms. The summed E-state index contributed by atoms with van der Waals surface area (Å²) in [6, 6.07) is 11.0. The standard InChI is InChI=1S/C21H28N2O2/c24-20-14-18(15-23(20)19-8-4-5-9-19)21(25)22-12-10-17(11-13-22)16-6-2-1-3-7-16/h1-3,6-7,17-19H,4-5,8-15H2. The summed E-state index contributed by atoms with van der Waals surface area (Å²) in [5.41, 5.74) is 1.39. The highest BCUT2D eigenvalue weighted by Gasteiger charge is 2.40. The molecule has 1 atom stereocenters. The Kier molecular flexibility index (Phi) is 4.78. The summed E-state index contributed by atoms with van der Waals surface area (Å²) < 4.78 is 0. The summed E-state index contributed by atoms with van der Waals surface area (Å²) in [6.07, 6.45) is 7.17. The van der Waals surface area contributed by atoms with Crippen LogP contribution in [0.15, 0.2) is 30.3 Å². The van der Waals surface area contributed by atoms with E-state index < -0.39 is 0 Å². The Balaban J connectivity index is 1.32. The van der Waals surface area contributed by atoms with E-state index in [9.17, 15) is 9.59 Å². The van der Waals surface area contributed by atoms with Gasteiger partial charge in [-0.2, -0.15) is 0 Å². The van der Waals surface area contributed by atoms with Crippen LogP contribution in [0.3, 0.4) is 0 Å². The van der Waals surface area contributed by atoms with Crippen molar-refractivity contribution in [1.29, 1.82) is 0 Å². The van der Waals surface area contributed by atoms with Gasteiger partial charge in [0.2, 0.25) is 11.8 Å². The fraction of sp³-hybridized carbons (Fsp3) is 0.619. The fourth-order valence-corrected chi connectivity index (χ4v) is 4.88. The van der Waals surface area contributed by atoms with Gasteiger partial charge in [0.1, 0.15) is 0 Å². The van der Waals surface area contributed by atoms with Gasteiger partial charge in [-0.1, -0.05) is 43.2 Å². The zero-order chi connectivity index (χ0) is 17.2. The average Bonchev–Trinajstić information content (AvgIpc) is 3.31. The van der Waals surface area contributed by atoms with Gasteiger partial charge in [-0.05, 0) is 37.2 Å². The van der Waals surface area contributed by atoms with Crippen LogP contribution in [0.5, 0.6) is 0 Å². The maximum Gasteiger partial charge on any atom is 0.227 e. The molecule has 134 valence electrons. The van der Waals surface area contributed by atoms with Crippen molar-refractivity contribution in [3.05, 3.63) is 35.9 Å². The lowest BCUT2D eigenvalue weighted by atomic mass is 9.89. The van der Waals surface area contributed by atoms with Gasteiger partial charge in [0.15, 0.2) is 0 Å². The minimum Gasteiger partial charge on any atom is -0.342 e. The Morgan fingerprint density at radius 2 is 1.64 bits per heavy atom. The summed E-state index contributed by atoms with van der Waals surface area (Å²) in [6.45, 7) is 2.31. The number of benzene rings is 1. The van der Waals surface area contributed by atoms with E-state index in [0.717, 1.165) is 38.8 Å². The van der Waals surface area contributed by atoms with Crippen molar-refractivity contribution in [1.82, 2.24) is 9.80 Å². The van der Waals surface area contributed by atoms with Crippen molar-refractivity contribution >= 4 is 11.8 Å². The second kappa shape index (κ2) is 7.19. The quantitative estimate of drug-likeness (QED) is 0.848. The van der Waals surface area contributed by atoms with Gasteiger partial charge in [0, 0.05) is 32.1 Å². The van der Waals surface area contributed by atoms with Gasteiger partial charge >= 0.3 is 0 Å². The summed E-state index contributed by atoms with van der Waals surface area (Å²) in [4.78, 5) is 29.3. The Hall–Kier alpha value is -1.84.